The fourth-order valence-electron chi connectivity index (χ4n) is 3.25. The summed E-state index contributed by atoms with van der Waals surface area (Å²) in [6.45, 7) is 0.515. The first-order valence-corrected chi connectivity index (χ1v) is 7.62. The Kier molecular flexibility index (Phi) is 3.98. The van der Waals surface area contributed by atoms with Gasteiger partial charge in [0.25, 0.3) is 5.91 Å². The Morgan fingerprint density at radius 1 is 1.36 bits per heavy atom. The van der Waals surface area contributed by atoms with Crippen molar-refractivity contribution in [1.29, 1.82) is 0 Å². The van der Waals surface area contributed by atoms with Crippen LogP contribution in [0.3, 0.4) is 0 Å². The topological polar surface area (TPSA) is 73.4 Å². The number of amides is 1. The number of pyridine rings is 1. The maximum atomic E-state index is 12.7. The molecule has 0 saturated heterocycles. The summed E-state index contributed by atoms with van der Waals surface area (Å²) >= 11 is 0. The number of fused-ring (bicyclic) bond motifs is 1. The molecule has 1 amide bonds. The highest BCUT2D eigenvalue weighted by atomic mass is 16.3. The van der Waals surface area contributed by atoms with Gasteiger partial charge < -0.3 is 15.0 Å². The largest absolute Gasteiger partial charge is 0.393 e. The minimum atomic E-state index is -0.328. The van der Waals surface area contributed by atoms with Gasteiger partial charge in [-0.25, -0.2) is 0 Å². The number of nitrogens with zero attached hydrogens (tertiary/aromatic N) is 1. The summed E-state index contributed by atoms with van der Waals surface area (Å²) < 4.78 is 0. The average Bonchev–Trinajstić information content (AvgIpc) is 2.90. The van der Waals surface area contributed by atoms with E-state index in [4.69, 9.17) is 0 Å². The molecule has 0 spiro atoms. The molecular formula is C17H20N2O3. The van der Waals surface area contributed by atoms with E-state index >= 15 is 0 Å². The van der Waals surface area contributed by atoms with Crippen LogP contribution in [0.25, 0.3) is 10.9 Å². The van der Waals surface area contributed by atoms with Crippen LogP contribution >= 0.6 is 0 Å². The number of aromatic amines is 1. The van der Waals surface area contributed by atoms with Crippen molar-refractivity contribution < 1.29 is 9.90 Å². The van der Waals surface area contributed by atoms with E-state index in [1.54, 1.807) is 18.0 Å². The van der Waals surface area contributed by atoms with Crippen LogP contribution < -0.4 is 5.56 Å². The number of hydrogen-bond donors (Lipinski definition) is 2. The van der Waals surface area contributed by atoms with Crippen LogP contribution in [-0.2, 0) is 0 Å². The van der Waals surface area contributed by atoms with E-state index in [0.717, 1.165) is 24.6 Å². The van der Waals surface area contributed by atoms with Gasteiger partial charge in [0.15, 0.2) is 0 Å². The molecule has 0 bridgehead atoms. The Balaban J connectivity index is 1.90. The number of para-hydroxylation sites is 1. The van der Waals surface area contributed by atoms with Crippen LogP contribution in [0.4, 0.5) is 0 Å². The van der Waals surface area contributed by atoms with Gasteiger partial charge in [0.05, 0.1) is 11.7 Å². The maximum Gasteiger partial charge on any atom is 0.254 e. The Hall–Kier alpha value is -2.14. The second kappa shape index (κ2) is 5.93. The van der Waals surface area contributed by atoms with E-state index in [9.17, 15) is 14.7 Å². The Labute approximate surface area is 128 Å². The van der Waals surface area contributed by atoms with Crippen molar-refractivity contribution in [3.8, 4) is 0 Å². The molecule has 2 N–H and O–H groups in total. The minimum Gasteiger partial charge on any atom is -0.393 e. The van der Waals surface area contributed by atoms with Crippen molar-refractivity contribution in [2.24, 2.45) is 5.92 Å². The predicted molar refractivity (Wildman–Crippen MR) is 84.9 cm³/mol. The molecule has 3 rings (SSSR count). The molecule has 116 valence electrons. The van der Waals surface area contributed by atoms with Crippen molar-refractivity contribution in [2.75, 3.05) is 13.6 Å². The highest BCUT2D eigenvalue weighted by Gasteiger charge is 2.28. The summed E-state index contributed by atoms with van der Waals surface area (Å²) in [7, 11) is 1.73. The molecule has 2 aromatic rings. The fraction of sp³-hybridized carbons (Fsp3) is 0.412. The maximum absolute atomic E-state index is 12.7. The first kappa shape index (κ1) is 14.8. The van der Waals surface area contributed by atoms with Gasteiger partial charge in [0.2, 0.25) is 5.56 Å². The molecular weight excluding hydrogens is 280 g/mol. The zero-order chi connectivity index (χ0) is 15.7. The van der Waals surface area contributed by atoms with E-state index in [2.05, 4.69) is 4.98 Å². The molecule has 1 aromatic heterocycles. The molecule has 22 heavy (non-hydrogen) atoms. The number of aliphatic hydroxyl groups is 1. The zero-order valence-electron chi connectivity index (χ0n) is 12.6. The molecule has 2 atom stereocenters. The predicted octanol–water partition coefficient (Wildman–Crippen LogP) is 1.76. The lowest BCUT2D eigenvalue weighted by Gasteiger charge is -2.23. The van der Waals surface area contributed by atoms with Gasteiger partial charge >= 0.3 is 0 Å². The number of carbonyl (C=O) groups is 1. The number of aliphatic hydroxyl groups excluding tert-OH is 1. The summed E-state index contributed by atoms with van der Waals surface area (Å²) in [5, 5.41) is 10.7. The van der Waals surface area contributed by atoms with E-state index in [0.29, 0.717) is 17.6 Å². The van der Waals surface area contributed by atoms with Gasteiger partial charge in [0.1, 0.15) is 0 Å². The zero-order valence-corrected chi connectivity index (χ0v) is 12.6. The first-order chi connectivity index (χ1) is 10.6. The lowest BCUT2D eigenvalue weighted by Crippen LogP contribution is -2.35. The van der Waals surface area contributed by atoms with Crippen LogP contribution in [-0.4, -0.2) is 40.6 Å². The normalized spacial score (nSPS) is 21.2. The highest BCUT2D eigenvalue weighted by Crippen LogP contribution is 2.26. The molecule has 0 aliphatic heterocycles. The van der Waals surface area contributed by atoms with Crippen LogP contribution in [0, 0.1) is 5.92 Å². The van der Waals surface area contributed by atoms with Crippen molar-refractivity contribution in [3.63, 3.8) is 0 Å². The monoisotopic (exact) mass is 300 g/mol. The van der Waals surface area contributed by atoms with Crippen LogP contribution in [0.2, 0.25) is 0 Å². The van der Waals surface area contributed by atoms with Crippen LogP contribution in [0.5, 0.6) is 0 Å². The lowest BCUT2D eigenvalue weighted by atomic mass is 10.0. The van der Waals surface area contributed by atoms with E-state index < -0.39 is 0 Å². The highest BCUT2D eigenvalue weighted by molar-refractivity contribution is 6.05. The van der Waals surface area contributed by atoms with Crippen molar-refractivity contribution >= 4 is 16.8 Å². The van der Waals surface area contributed by atoms with Gasteiger partial charge in [-0.15, -0.1) is 0 Å². The first-order valence-electron chi connectivity index (χ1n) is 7.62. The Bertz CT molecular complexity index is 753. The molecule has 0 radical (unpaired) electrons. The molecule has 1 aromatic carbocycles. The van der Waals surface area contributed by atoms with Crippen LogP contribution in [0.1, 0.15) is 29.6 Å². The summed E-state index contributed by atoms with van der Waals surface area (Å²) in [5.41, 5.74) is 0.790. The SMILES string of the molecule is CN(CC1CCCC1O)C(=O)c1cc(=O)[nH]c2ccccc12. The molecule has 1 aliphatic carbocycles. The number of rotatable bonds is 3. The molecule has 1 aliphatic rings. The van der Waals surface area contributed by atoms with Gasteiger partial charge in [0, 0.05) is 36.5 Å². The van der Waals surface area contributed by atoms with Crippen molar-refractivity contribution in [2.45, 2.75) is 25.4 Å². The number of hydrogen-bond acceptors (Lipinski definition) is 3. The summed E-state index contributed by atoms with van der Waals surface area (Å²) in [5.74, 6) is -0.0522. The molecule has 5 heteroatoms. The Morgan fingerprint density at radius 2 is 2.14 bits per heavy atom. The lowest BCUT2D eigenvalue weighted by molar-refractivity contribution is 0.0695. The number of H-pyrrole nitrogens is 1. The van der Waals surface area contributed by atoms with E-state index in [1.807, 2.05) is 18.2 Å². The summed E-state index contributed by atoms with van der Waals surface area (Å²) in [6.07, 6.45) is 2.42. The second-order valence-electron chi connectivity index (χ2n) is 6.04. The van der Waals surface area contributed by atoms with Crippen molar-refractivity contribution in [3.05, 3.63) is 46.2 Å². The molecule has 1 saturated carbocycles. The molecule has 5 nitrogen and oxygen atoms in total. The standard InChI is InChI=1S/C17H20N2O3/c1-19(10-11-5-4-8-15(11)20)17(22)13-9-16(21)18-14-7-3-2-6-12(13)14/h2-3,6-7,9,11,15,20H,4-5,8,10H2,1H3,(H,18,21). The number of aromatic nitrogens is 1. The van der Waals surface area contributed by atoms with Gasteiger partial charge in [-0.05, 0) is 18.9 Å². The molecule has 1 fully saturated rings. The third-order valence-corrected chi connectivity index (χ3v) is 4.45. The summed E-state index contributed by atoms with van der Waals surface area (Å²) in [6, 6.07) is 8.64. The number of carbonyl (C=O) groups excluding carboxylic acids is 1. The van der Waals surface area contributed by atoms with Gasteiger partial charge in [-0.1, -0.05) is 24.6 Å². The van der Waals surface area contributed by atoms with Crippen LogP contribution in [0.15, 0.2) is 35.1 Å². The molecule has 2 unspecified atom stereocenters. The number of benzene rings is 1. The quantitative estimate of drug-likeness (QED) is 0.907. The van der Waals surface area contributed by atoms with Gasteiger partial charge in [-0.2, -0.15) is 0 Å². The third kappa shape index (κ3) is 2.76. The van der Waals surface area contributed by atoms with Gasteiger partial charge in [-0.3, -0.25) is 9.59 Å². The molecule has 1 heterocycles. The summed E-state index contributed by atoms with van der Waals surface area (Å²) in [4.78, 5) is 28.8. The number of nitrogens with one attached hydrogen (secondary N) is 1. The van der Waals surface area contributed by atoms with Crippen molar-refractivity contribution in [1.82, 2.24) is 9.88 Å². The smallest absolute Gasteiger partial charge is 0.254 e. The second-order valence-corrected chi connectivity index (χ2v) is 6.04. The van der Waals surface area contributed by atoms with E-state index in [-0.39, 0.29) is 23.5 Å². The van der Waals surface area contributed by atoms with E-state index in [1.165, 1.54) is 6.07 Å². The average molecular weight is 300 g/mol. The fourth-order valence-corrected chi connectivity index (χ4v) is 3.25. The minimum absolute atomic E-state index is 0.127. The third-order valence-electron chi connectivity index (χ3n) is 4.45. The Morgan fingerprint density at radius 3 is 2.86 bits per heavy atom.